The van der Waals surface area contributed by atoms with Crippen molar-refractivity contribution in [3.63, 3.8) is 0 Å². The van der Waals surface area contributed by atoms with Crippen LogP contribution in [0.25, 0.3) is 11.5 Å². The van der Waals surface area contributed by atoms with Crippen molar-refractivity contribution in [1.82, 2.24) is 4.98 Å². The van der Waals surface area contributed by atoms with Crippen molar-refractivity contribution in [3.05, 3.63) is 60.0 Å². The highest BCUT2D eigenvalue weighted by Crippen LogP contribution is 2.36. The number of aromatic nitrogens is 1. The predicted molar refractivity (Wildman–Crippen MR) is 110 cm³/mol. The summed E-state index contributed by atoms with van der Waals surface area (Å²) in [5.41, 5.74) is 2.14. The summed E-state index contributed by atoms with van der Waals surface area (Å²) in [5, 5.41) is 0. The van der Waals surface area contributed by atoms with E-state index in [1.165, 1.54) is 7.11 Å². The van der Waals surface area contributed by atoms with Crippen molar-refractivity contribution < 1.29 is 27.8 Å². The molecule has 3 aromatic rings. The Morgan fingerprint density at radius 2 is 1.97 bits per heavy atom. The summed E-state index contributed by atoms with van der Waals surface area (Å²) in [7, 11) is 1.51. The normalized spacial score (nSPS) is 11.7. The number of hydrogen-bond acceptors (Lipinski definition) is 6. The Labute approximate surface area is 174 Å². The van der Waals surface area contributed by atoms with E-state index >= 15 is 0 Å². The van der Waals surface area contributed by atoms with Gasteiger partial charge in [0.2, 0.25) is 5.89 Å². The minimum absolute atomic E-state index is 0.0771. The average molecular weight is 413 g/mol. The van der Waals surface area contributed by atoms with E-state index in [0.29, 0.717) is 41.0 Å². The third kappa shape index (κ3) is 4.79. The van der Waals surface area contributed by atoms with Gasteiger partial charge in [0.05, 0.1) is 19.4 Å². The van der Waals surface area contributed by atoms with Gasteiger partial charge in [0, 0.05) is 23.5 Å². The Morgan fingerprint density at radius 1 is 1.13 bits per heavy atom. The molecule has 0 radical (unpaired) electrons. The van der Waals surface area contributed by atoms with Crippen molar-refractivity contribution in [2.75, 3.05) is 27.0 Å². The third-order valence-electron chi connectivity index (χ3n) is 4.55. The van der Waals surface area contributed by atoms with Crippen LogP contribution in [0.1, 0.15) is 30.5 Å². The Hall–Kier alpha value is -3.35. The molecular weight excluding hydrogens is 389 g/mol. The molecular formula is C23H24FNO5. The number of alkyl halides is 1. The molecule has 7 heteroatoms. The zero-order valence-electron chi connectivity index (χ0n) is 17.0. The Balaban J connectivity index is 1.95. The lowest BCUT2D eigenvalue weighted by atomic mass is 9.92. The number of para-hydroxylation sites is 1. The second kappa shape index (κ2) is 10.4. The monoisotopic (exact) mass is 413 g/mol. The summed E-state index contributed by atoms with van der Waals surface area (Å²) in [5.74, 6) is 1.66. The first-order valence-electron chi connectivity index (χ1n) is 9.69. The van der Waals surface area contributed by atoms with Crippen LogP contribution >= 0.6 is 0 Å². The van der Waals surface area contributed by atoms with E-state index in [1.54, 1.807) is 24.5 Å². The molecule has 1 heterocycles. The maximum absolute atomic E-state index is 12.5. The van der Waals surface area contributed by atoms with E-state index in [0.717, 1.165) is 11.8 Å². The molecule has 6 nitrogen and oxygen atoms in total. The first-order chi connectivity index (χ1) is 14.7. The molecule has 158 valence electrons. The number of nitrogens with zero attached hydrogens (tertiary/aromatic N) is 1. The van der Waals surface area contributed by atoms with E-state index in [-0.39, 0.29) is 18.9 Å². The van der Waals surface area contributed by atoms with Crippen LogP contribution in [0.15, 0.2) is 53.1 Å². The number of aldehydes is 1. The lowest BCUT2D eigenvalue weighted by Gasteiger charge is -2.16. The number of ether oxygens (including phenoxy) is 3. The fraction of sp³-hybridized carbons (Fsp3) is 0.304. The van der Waals surface area contributed by atoms with Gasteiger partial charge in [0.15, 0.2) is 11.5 Å². The van der Waals surface area contributed by atoms with Crippen LogP contribution < -0.4 is 14.2 Å². The average Bonchev–Trinajstić information content (AvgIpc) is 3.26. The summed E-state index contributed by atoms with van der Waals surface area (Å²) >= 11 is 0. The highest BCUT2D eigenvalue weighted by atomic mass is 19.1. The van der Waals surface area contributed by atoms with E-state index in [9.17, 15) is 9.18 Å². The van der Waals surface area contributed by atoms with Crippen molar-refractivity contribution in [1.29, 1.82) is 0 Å². The van der Waals surface area contributed by atoms with Gasteiger partial charge < -0.3 is 23.4 Å². The van der Waals surface area contributed by atoms with Crippen molar-refractivity contribution >= 4 is 6.29 Å². The Morgan fingerprint density at radius 3 is 2.70 bits per heavy atom. The van der Waals surface area contributed by atoms with E-state index in [1.807, 2.05) is 31.2 Å². The number of hydrogen-bond donors (Lipinski definition) is 0. The van der Waals surface area contributed by atoms with Gasteiger partial charge in [0.25, 0.3) is 0 Å². The first kappa shape index (κ1) is 21.4. The Bertz CT molecular complexity index is 972. The summed E-state index contributed by atoms with van der Waals surface area (Å²) in [6, 6.07) is 12.7. The minimum Gasteiger partial charge on any atom is -0.494 e. The SMILES string of the molecule is CCOc1ccccc1C(CC=O)c1coc(-c2ccc(OC)c(OCCF)c2)n1. The molecule has 0 saturated heterocycles. The van der Waals surface area contributed by atoms with Gasteiger partial charge in [-0.15, -0.1) is 0 Å². The van der Waals surface area contributed by atoms with Crippen LogP contribution in [0.5, 0.6) is 17.2 Å². The van der Waals surface area contributed by atoms with Gasteiger partial charge in [-0.1, -0.05) is 18.2 Å². The molecule has 0 bridgehead atoms. The van der Waals surface area contributed by atoms with Crippen LogP contribution in [0, 0.1) is 0 Å². The molecule has 2 aromatic carbocycles. The smallest absolute Gasteiger partial charge is 0.226 e. The van der Waals surface area contributed by atoms with Gasteiger partial charge in [-0.25, -0.2) is 9.37 Å². The zero-order chi connectivity index (χ0) is 21.3. The minimum atomic E-state index is -0.608. The summed E-state index contributed by atoms with van der Waals surface area (Å²) < 4.78 is 34.6. The van der Waals surface area contributed by atoms with Crippen LogP contribution in [-0.2, 0) is 4.79 Å². The van der Waals surface area contributed by atoms with Crippen LogP contribution in [0.4, 0.5) is 4.39 Å². The maximum Gasteiger partial charge on any atom is 0.226 e. The van der Waals surface area contributed by atoms with Crippen molar-refractivity contribution in [2.45, 2.75) is 19.3 Å². The van der Waals surface area contributed by atoms with Crippen molar-refractivity contribution in [3.8, 4) is 28.7 Å². The number of halogens is 1. The highest BCUT2D eigenvalue weighted by Gasteiger charge is 2.22. The molecule has 0 amide bonds. The molecule has 3 rings (SSSR count). The third-order valence-corrected chi connectivity index (χ3v) is 4.55. The van der Waals surface area contributed by atoms with Crippen molar-refractivity contribution in [2.24, 2.45) is 0 Å². The summed E-state index contributed by atoms with van der Waals surface area (Å²) in [6.07, 6.45) is 2.64. The first-order valence-corrected chi connectivity index (χ1v) is 9.69. The molecule has 1 unspecified atom stereocenters. The summed E-state index contributed by atoms with van der Waals surface area (Å²) in [4.78, 5) is 16.0. The number of carbonyl (C=O) groups is 1. The topological polar surface area (TPSA) is 70.8 Å². The molecule has 0 aliphatic heterocycles. The molecule has 0 spiro atoms. The molecule has 0 fully saturated rings. The molecule has 30 heavy (non-hydrogen) atoms. The van der Waals surface area contributed by atoms with Crippen LogP contribution in [0.3, 0.4) is 0 Å². The molecule has 0 saturated carbocycles. The van der Waals surface area contributed by atoms with Gasteiger partial charge in [-0.2, -0.15) is 0 Å². The zero-order valence-corrected chi connectivity index (χ0v) is 17.0. The number of benzene rings is 2. The molecule has 1 atom stereocenters. The van der Waals surface area contributed by atoms with Gasteiger partial charge in [-0.3, -0.25) is 0 Å². The second-order valence-corrected chi connectivity index (χ2v) is 6.41. The second-order valence-electron chi connectivity index (χ2n) is 6.41. The van der Waals surface area contributed by atoms with Crippen LogP contribution in [-0.4, -0.2) is 38.3 Å². The van der Waals surface area contributed by atoms with Gasteiger partial charge in [0.1, 0.15) is 31.6 Å². The maximum atomic E-state index is 12.5. The van der Waals surface area contributed by atoms with Gasteiger partial charge >= 0.3 is 0 Å². The lowest BCUT2D eigenvalue weighted by Crippen LogP contribution is -2.06. The summed E-state index contributed by atoms with van der Waals surface area (Å²) in [6.45, 7) is 1.74. The van der Waals surface area contributed by atoms with Gasteiger partial charge in [-0.05, 0) is 31.2 Å². The molecule has 0 aliphatic rings. The Kier molecular flexibility index (Phi) is 7.43. The van der Waals surface area contributed by atoms with E-state index < -0.39 is 6.67 Å². The quantitative estimate of drug-likeness (QED) is 0.420. The molecule has 0 aliphatic carbocycles. The number of rotatable bonds is 11. The predicted octanol–water partition coefficient (Wildman–Crippen LogP) is 4.82. The largest absolute Gasteiger partial charge is 0.494 e. The van der Waals surface area contributed by atoms with Crippen LogP contribution in [0.2, 0.25) is 0 Å². The van der Waals surface area contributed by atoms with E-state index in [4.69, 9.17) is 18.6 Å². The number of methoxy groups -OCH3 is 1. The highest BCUT2D eigenvalue weighted by molar-refractivity contribution is 5.61. The fourth-order valence-electron chi connectivity index (χ4n) is 3.21. The standard InChI is InChI=1S/C23H24FNO5/c1-3-28-20-7-5-4-6-18(20)17(10-12-26)19-15-30-23(25-19)16-8-9-21(27-2)22(14-16)29-13-11-24/h4-9,12,14-15,17H,3,10-11,13H2,1-2H3. The molecule has 0 N–H and O–H groups in total. The number of oxazole rings is 1. The van der Waals surface area contributed by atoms with E-state index in [2.05, 4.69) is 4.98 Å². The fourth-order valence-corrected chi connectivity index (χ4v) is 3.21. The number of carbonyl (C=O) groups excluding carboxylic acids is 1. The molecule has 1 aromatic heterocycles. The lowest BCUT2D eigenvalue weighted by molar-refractivity contribution is -0.108.